The lowest BCUT2D eigenvalue weighted by molar-refractivity contribution is -0.00184. The van der Waals surface area contributed by atoms with Crippen molar-refractivity contribution in [3.05, 3.63) is 35.9 Å². The molecule has 1 rings (SSSR count). The molecule has 0 aliphatic rings. The van der Waals surface area contributed by atoms with Gasteiger partial charge in [0.05, 0.1) is 6.54 Å². The third-order valence-electron chi connectivity index (χ3n) is 2.63. The zero-order chi connectivity index (χ0) is 12.9. The van der Waals surface area contributed by atoms with E-state index < -0.39 is 12.0 Å². The Balaban J connectivity index is 2.76. The first kappa shape index (κ1) is 14.0. The van der Waals surface area contributed by atoms with E-state index in [2.05, 4.69) is 0 Å². The molecule has 96 valence electrons. The third kappa shape index (κ3) is 4.03. The predicted molar refractivity (Wildman–Crippen MR) is 62.9 cm³/mol. The van der Waals surface area contributed by atoms with E-state index in [4.69, 9.17) is 5.73 Å². The lowest BCUT2D eigenvalue weighted by Gasteiger charge is -2.31. The van der Waals surface area contributed by atoms with Gasteiger partial charge < -0.3 is 10.8 Å². The Labute approximate surface area is 99.8 Å². The second-order valence-electron chi connectivity index (χ2n) is 4.19. The molecule has 3 nitrogen and oxygen atoms in total. The van der Waals surface area contributed by atoms with Crippen LogP contribution in [0.3, 0.4) is 0 Å². The van der Waals surface area contributed by atoms with E-state index in [1.165, 1.54) is 11.9 Å². The van der Waals surface area contributed by atoms with E-state index in [0.717, 1.165) is 0 Å². The van der Waals surface area contributed by atoms with Crippen molar-refractivity contribution >= 4 is 0 Å². The Hall–Kier alpha value is -1.04. The van der Waals surface area contributed by atoms with Gasteiger partial charge in [-0.3, -0.25) is 4.90 Å². The summed E-state index contributed by atoms with van der Waals surface area (Å²) in [5.41, 5.74) is 4.91. The van der Waals surface area contributed by atoms with Crippen LogP contribution in [0.25, 0.3) is 0 Å². The van der Waals surface area contributed by atoms with Crippen LogP contribution in [-0.4, -0.2) is 43.1 Å². The quantitative estimate of drug-likeness (QED) is 0.786. The Morgan fingerprint density at radius 1 is 1.35 bits per heavy atom. The highest BCUT2D eigenvalue weighted by molar-refractivity contribution is 5.23. The molecule has 0 aliphatic heterocycles. The number of nitrogens with zero attached hydrogens (tertiary/aromatic N) is 1. The molecule has 5 heteroatoms. The first-order valence-corrected chi connectivity index (χ1v) is 5.42. The average Bonchev–Trinajstić information content (AvgIpc) is 2.29. The summed E-state index contributed by atoms with van der Waals surface area (Å²) >= 11 is 0. The number of rotatable bonds is 6. The van der Waals surface area contributed by atoms with Crippen LogP contribution in [0.15, 0.2) is 30.3 Å². The number of alkyl halides is 2. The summed E-state index contributed by atoms with van der Waals surface area (Å²) in [5, 5.41) is 10.4. The van der Waals surface area contributed by atoms with Crippen LogP contribution < -0.4 is 5.73 Å². The maximum Gasteiger partial charge on any atom is 0.251 e. The van der Waals surface area contributed by atoms with Gasteiger partial charge in [-0.15, -0.1) is 0 Å². The molecular weight excluding hydrogens is 226 g/mol. The van der Waals surface area contributed by atoms with Crippen molar-refractivity contribution in [1.29, 1.82) is 0 Å². The largest absolute Gasteiger partial charge is 0.382 e. The van der Waals surface area contributed by atoms with Crippen molar-refractivity contribution in [1.82, 2.24) is 4.90 Å². The summed E-state index contributed by atoms with van der Waals surface area (Å²) in [6.45, 7) is -0.308. The molecule has 1 aromatic rings. The van der Waals surface area contributed by atoms with Gasteiger partial charge in [0, 0.05) is 13.1 Å². The summed E-state index contributed by atoms with van der Waals surface area (Å²) in [7, 11) is 1.54. The summed E-state index contributed by atoms with van der Waals surface area (Å²) in [6, 6.07) is 8.86. The second-order valence-corrected chi connectivity index (χ2v) is 4.19. The summed E-state index contributed by atoms with van der Waals surface area (Å²) in [6.07, 6.45) is -2.42. The number of nitrogens with two attached hydrogens (primary N) is 1. The molecule has 17 heavy (non-hydrogen) atoms. The lowest BCUT2D eigenvalue weighted by atomic mass is 9.93. The first-order chi connectivity index (χ1) is 7.98. The molecule has 0 heterocycles. The van der Waals surface area contributed by atoms with Gasteiger partial charge in [-0.05, 0) is 12.6 Å². The monoisotopic (exact) mass is 244 g/mol. The van der Waals surface area contributed by atoms with Crippen LogP contribution in [0.1, 0.15) is 5.56 Å². The van der Waals surface area contributed by atoms with Crippen molar-refractivity contribution in [2.24, 2.45) is 5.73 Å². The number of benzene rings is 1. The standard InChI is InChI=1S/C12H18F2N2O/c1-16(7-11(13)14)9-12(17,8-15)10-5-3-2-4-6-10/h2-6,11,17H,7-9,15H2,1H3. The fraction of sp³-hybridized carbons (Fsp3) is 0.500. The van der Waals surface area contributed by atoms with E-state index >= 15 is 0 Å². The van der Waals surface area contributed by atoms with Crippen LogP contribution in [0, 0.1) is 0 Å². The highest BCUT2D eigenvalue weighted by atomic mass is 19.3. The zero-order valence-electron chi connectivity index (χ0n) is 9.81. The van der Waals surface area contributed by atoms with Crippen molar-refractivity contribution < 1.29 is 13.9 Å². The summed E-state index contributed by atoms with van der Waals surface area (Å²) < 4.78 is 24.4. The molecule has 0 aliphatic carbocycles. The van der Waals surface area contributed by atoms with Gasteiger partial charge in [0.25, 0.3) is 6.43 Å². The van der Waals surface area contributed by atoms with Crippen LogP contribution in [-0.2, 0) is 5.60 Å². The molecule has 1 unspecified atom stereocenters. The van der Waals surface area contributed by atoms with Crippen molar-refractivity contribution in [2.75, 3.05) is 26.7 Å². The van der Waals surface area contributed by atoms with Crippen molar-refractivity contribution in [2.45, 2.75) is 12.0 Å². The molecule has 0 saturated heterocycles. The minimum Gasteiger partial charge on any atom is -0.382 e. The Morgan fingerprint density at radius 2 is 1.94 bits per heavy atom. The smallest absolute Gasteiger partial charge is 0.251 e. The summed E-state index contributed by atoms with van der Waals surface area (Å²) in [4.78, 5) is 1.38. The average molecular weight is 244 g/mol. The molecule has 0 amide bonds. The van der Waals surface area contributed by atoms with Crippen molar-refractivity contribution in [3.63, 3.8) is 0 Å². The number of aliphatic hydroxyl groups is 1. The van der Waals surface area contributed by atoms with Gasteiger partial charge in [0.2, 0.25) is 0 Å². The van der Waals surface area contributed by atoms with Crippen LogP contribution in [0.2, 0.25) is 0 Å². The first-order valence-electron chi connectivity index (χ1n) is 5.42. The molecule has 1 atom stereocenters. The van der Waals surface area contributed by atoms with Gasteiger partial charge in [-0.25, -0.2) is 8.78 Å². The number of hydrogen-bond donors (Lipinski definition) is 2. The minimum absolute atomic E-state index is 0.00933. The highest BCUT2D eigenvalue weighted by Crippen LogP contribution is 2.20. The molecule has 3 N–H and O–H groups in total. The molecule has 0 aromatic heterocycles. The molecular formula is C12H18F2N2O. The van der Waals surface area contributed by atoms with Crippen LogP contribution >= 0.6 is 0 Å². The number of hydrogen-bond acceptors (Lipinski definition) is 3. The highest BCUT2D eigenvalue weighted by Gasteiger charge is 2.29. The predicted octanol–water partition coefficient (Wildman–Crippen LogP) is 1.03. The van der Waals surface area contributed by atoms with Crippen LogP contribution in [0.5, 0.6) is 0 Å². The third-order valence-corrected chi connectivity index (χ3v) is 2.63. The van der Waals surface area contributed by atoms with Gasteiger partial charge >= 0.3 is 0 Å². The molecule has 0 fully saturated rings. The van der Waals surface area contributed by atoms with E-state index in [0.29, 0.717) is 5.56 Å². The van der Waals surface area contributed by atoms with Crippen LogP contribution in [0.4, 0.5) is 8.78 Å². The molecule has 0 spiro atoms. The Bertz CT molecular complexity index is 335. The molecule has 0 saturated carbocycles. The zero-order valence-corrected chi connectivity index (χ0v) is 9.81. The SMILES string of the molecule is CN(CC(F)F)CC(O)(CN)c1ccccc1. The van der Waals surface area contributed by atoms with E-state index in [-0.39, 0.29) is 19.6 Å². The second kappa shape index (κ2) is 6.05. The minimum atomic E-state index is -2.42. The van der Waals surface area contributed by atoms with Crippen molar-refractivity contribution in [3.8, 4) is 0 Å². The Kier molecular flexibility index (Phi) is 4.99. The number of likely N-dealkylation sites (N-methyl/N-ethyl adjacent to an activating group) is 1. The number of halogens is 2. The topological polar surface area (TPSA) is 49.5 Å². The van der Waals surface area contributed by atoms with E-state index in [1.54, 1.807) is 24.3 Å². The fourth-order valence-corrected chi connectivity index (χ4v) is 1.77. The van der Waals surface area contributed by atoms with Gasteiger partial charge in [-0.2, -0.15) is 0 Å². The molecule has 0 bridgehead atoms. The molecule has 1 aromatic carbocycles. The van der Waals surface area contributed by atoms with E-state index in [9.17, 15) is 13.9 Å². The van der Waals surface area contributed by atoms with Gasteiger partial charge in [-0.1, -0.05) is 30.3 Å². The molecule has 0 radical (unpaired) electrons. The maximum atomic E-state index is 12.2. The normalized spacial score (nSPS) is 15.2. The summed E-state index contributed by atoms with van der Waals surface area (Å²) in [5.74, 6) is 0. The fourth-order valence-electron chi connectivity index (χ4n) is 1.77. The maximum absolute atomic E-state index is 12.2. The van der Waals surface area contributed by atoms with Gasteiger partial charge in [0.1, 0.15) is 5.60 Å². The Morgan fingerprint density at radius 3 is 2.41 bits per heavy atom. The van der Waals surface area contributed by atoms with E-state index in [1.807, 2.05) is 6.07 Å². The lowest BCUT2D eigenvalue weighted by Crippen LogP contribution is -2.45. The van der Waals surface area contributed by atoms with Gasteiger partial charge in [0.15, 0.2) is 0 Å².